The van der Waals surface area contributed by atoms with E-state index >= 15 is 0 Å². The second-order valence-electron chi connectivity index (χ2n) is 7.06. The van der Waals surface area contributed by atoms with Gasteiger partial charge in [-0.15, -0.1) is 0 Å². The molecule has 2 fully saturated rings. The van der Waals surface area contributed by atoms with Crippen LogP contribution in [-0.2, 0) is 4.74 Å². The van der Waals surface area contributed by atoms with Gasteiger partial charge in [0.05, 0.1) is 20.3 Å². The van der Waals surface area contributed by atoms with Crippen LogP contribution in [0.5, 0.6) is 11.5 Å². The highest BCUT2D eigenvalue weighted by Gasteiger charge is 2.22. The van der Waals surface area contributed by atoms with Crippen molar-refractivity contribution in [3.63, 3.8) is 0 Å². The van der Waals surface area contributed by atoms with E-state index in [2.05, 4.69) is 32.7 Å². The van der Waals surface area contributed by atoms with Crippen LogP contribution in [0.1, 0.15) is 25.7 Å². The maximum atomic E-state index is 5.67. The predicted octanol–water partition coefficient (Wildman–Crippen LogP) is 2.02. The maximum absolute atomic E-state index is 5.67. The average Bonchev–Trinajstić information content (AvgIpc) is 3.24. The molecule has 1 atom stereocenters. The van der Waals surface area contributed by atoms with Crippen molar-refractivity contribution in [2.75, 3.05) is 52.4 Å². The van der Waals surface area contributed by atoms with E-state index < -0.39 is 0 Å². The van der Waals surface area contributed by atoms with E-state index in [4.69, 9.17) is 14.2 Å². The molecule has 2 aliphatic rings. The molecule has 7 nitrogen and oxygen atoms in total. The normalized spacial score (nSPS) is 21.2. The first-order valence-electron chi connectivity index (χ1n) is 9.78. The topological polar surface area (TPSA) is 67.4 Å². The number of nitrogens with one attached hydrogen (secondary N) is 2. The van der Waals surface area contributed by atoms with Crippen molar-refractivity contribution in [3.8, 4) is 11.5 Å². The summed E-state index contributed by atoms with van der Waals surface area (Å²) in [5.41, 5.74) is 1.14. The largest absolute Gasteiger partial charge is 0.497 e. The standard InChI is InChI=1S/C20H32N4O3/c1-21-20(22-14-17-5-4-10-27-17)23-15-6-8-24(9-7-15)16-11-18(25-2)13-19(12-16)26-3/h11-13,15,17H,4-10,14H2,1-3H3,(H2,21,22,23). The number of hydrogen-bond donors (Lipinski definition) is 2. The first kappa shape index (κ1) is 19.6. The molecule has 0 spiro atoms. The molecular weight excluding hydrogens is 344 g/mol. The molecule has 7 heteroatoms. The fraction of sp³-hybridized carbons (Fsp3) is 0.650. The van der Waals surface area contributed by atoms with Gasteiger partial charge in [-0.05, 0) is 25.7 Å². The van der Waals surface area contributed by atoms with Crippen LogP contribution in [0.4, 0.5) is 5.69 Å². The van der Waals surface area contributed by atoms with Crippen LogP contribution >= 0.6 is 0 Å². The Morgan fingerprint density at radius 2 is 1.85 bits per heavy atom. The molecule has 3 rings (SSSR count). The third-order valence-corrected chi connectivity index (χ3v) is 5.28. The van der Waals surface area contributed by atoms with E-state index in [1.165, 1.54) is 0 Å². The third-order valence-electron chi connectivity index (χ3n) is 5.28. The van der Waals surface area contributed by atoms with Gasteiger partial charge in [0.2, 0.25) is 0 Å². The summed E-state index contributed by atoms with van der Waals surface area (Å²) in [7, 11) is 5.19. The zero-order chi connectivity index (χ0) is 19.1. The molecule has 0 aromatic heterocycles. The molecule has 27 heavy (non-hydrogen) atoms. The highest BCUT2D eigenvalue weighted by molar-refractivity contribution is 5.80. The number of ether oxygens (including phenoxy) is 3. The summed E-state index contributed by atoms with van der Waals surface area (Å²) in [6, 6.07) is 6.46. The number of aliphatic imine (C=N–C) groups is 1. The van der Waals surface area contributed by atoms with E-state index in [-0.39, 0.29) is 0 Å². The summed E-state index contributed by atoms with van der Waals surface area (Å²) >= 11 is 0. The summed E-state index contributed by atoms with van der Waals surface area (Å²) in [5, 5.41) is 6.95. The first-order chi connectivity index (χ1) is 13.2. The molecule has 0 amide bonds. The van der Waals surface area contributed by atoms with Gasteiger partial charge in [0.15, 0.2) is 5.96 Å². The molecular formula is C20H32N4O3. The highest BCUT2D eigenvalue weighted by atomic mass is 16.5. The number of benzene rings is 1. The number of rotatable bonds is 6. The molecule has 1 aromatic carbocycles. The fourth-order valence-electron chi connectivity index (χ4n) is 3.66. The molecule has 2 N–H and O–H groups in total. The number of hydrogen-bond acceptors (Lipinski definition) is 5. The van der Waals surface area contributed by atoms with Crippen molar-refractivity contribution in [1.82, 2.24) is 10.6 Å². The molecule has 1 unspecified atom stereocenters. The highest BCUT2D eigenvalue weighted by Crippen LogP contribution is 2.30. The van der Waals surface area contributed by atoms with Crippen LogP contribution in [0.3, 0.4) is 0 Å². The first-order valence-corrected chi connectivity index (χ1v) is 9.78. The third kappa shape index (κ3) is 5.42. The summed E-state index contributed by atoms with van der Waals surface area (Å²) in [4.78, 5) is 6.74. The predicted molar refractivity (Wildman–Crippen MR) is 108 cm³/mol. The monoisotopic (exact) mass is 376 g/mol. The van der Waals surface area contributed by atoms with E-state index in [1.807, 2.05) is 13.1 Å². The van der Waals surface area contributed by atoms with Gasteiger partial charge < -0.3 is 29.7 Å². The van der Waals surface area contributed by atoms with Crippen LogP contribution in [0, 0.1) is 0 Å². The lowest BCUT2D eigenvalue weighted by molar-refractivity contribution is 0.113. The van der Waals surface area contributed by atoms with Crippen molar-refractivity contribution >= 4 is 11.6 Å². The number of anilines is 1. The van der Waals surface area contributed by atoms with E-state index in [0.29, 0.717) is 12.1 Å². The second-order valence-corrected chi connectivity index (χ2v) is 7.06. The molecule has 0 radical (unpaired) electrons. The van der Waals surface area contributed by atoms with Crippen molar-refractivity contribution in [1.29, 1.82) is 0 Å². The van der Waals surface area contributed by atoms with Crippen molar-refractivity contribution < 1.29 is 14.2 Å². The Hall–Kier alpha value is -2.15. The van der Waals surface area contributed by atoms with Crippen LogP contribution in [-0.4, -0.2) is 65.6 Å². The van der Waals surface area contributed by atoms with Crippen molar-refractivity contribution in [2.45, 2.75) is 37.8 Å². The zero-order valence-corrected chi connectivity index (χ0v) is 16.7. The SMILES string of the molecule is CN=C(NCC1CCCO1)NC1CCN(c2cc(OC)cc(OC)c2)CC1. The Morgan fingerprint density at radius 1 is 1.15 bits per heavy atom. The lowest BCUT2D eigenvalue weighted by Crippen LogP contribution is -2.49. The van der Waals surface area contributed by atoms with Gasteiger partial charge in [0.25, 0.3) is 0 Å². The van der Waals surface area contributed by atoms with Gasteiger partial charge in [-0.2, -0.15) is 0 Å². The van der Waals surface area contributed by atoms with Gasteiger partial charge in [-0.25, -0.2) is 0 Å². The Labute approximate surface area is 162 Å². The van der Waals surface area contributed by atoms with Gasteiger partial charge in [-0.3, -0.25) is 4.99 Å². The molecule has 2 saturated heterocycles. The van der Waals surface area contributed by atoms with Crippen LogP contribution in [0.25, 0.3) is 0 Å². The molecule has 1 aromatic rings. The number of guanidine groups is 1. The molecule has 0 saturated carbocycles. The van der Waals surface area contributed by atoms with Crippen LogP contribution in [0.2, 0.25) is 0 Å². The molecule has 150 valence electrons. The van der Waals surface area contributed by atoms with Crippen molar-refractivity contribution in [3.05, 3.63) is 18.2 Å². The molecule has 0 aliphatic carbocycles. The van der Waals surface area contributed by atoms with Crippen LogP contribution < -0.4 is 25.0 Å². The van der Waals surface area contributed by atoms with Gasteiger partial charge >= 0.3 is 0 Å². The minimum absolute atomic E-state index is 0.313. The summed E-state index contributed by atoms with van der Waals surface area (Å²) in [6.07, 6.45) is 4.71. The van der Waals surface area contributed by atoms with Gasteiger partial charge in [0.1, 0.15) is 11.5 Å². The van der Waals surface area contributed by atoms with E-state index in [0.717, 1.165) is 75.1 Å². The van der Waals surface area contributed by atoms with Gasteiger partial charge in [0, 0.05) is 63.2 Å². The summed E-state index contributed by atoms with van der Waals surface area (Å²) in [5.74, 6) is 2.51. The minimum Gasteiger partial charge on any atom is -0.497 e. The lowest BCUT2D eigenvalue weighted by atomic mass is 10.0. The summed E-state index contributed by atoms with van der Waals surface area (Å²) in [6.45, 7) is 3.67. The maximum Gasteiger partial charge on any atom is 0.191 e. The Kier molecular flexibility index (Phi) is 7.04. The number of methoxy groups -OCH3 is 2. The molecule has 2 aliphatic heterocycles. The zero-order valence-electron chi connectivity index (χ0n) is 16.7. The lowest BCUT2D eigenvalue weighted by Gasteiger charge is -2.35. The number of nitrogens with zero attached hydrogens (tertiary/aromatic N) is 2. The number of piperidine rings is 1. The Balaban J connectivity index is 1.49. The fourth-order valence-corrected chi connectivity index (χ4v) is 3.66. The van der Waals surface area contributed by atoms with Crippen LogP contribution in [0.15, 0.2) is 23.2 Å². The minimum atomic E-state index is 0.313. The smallest absolute Gasteiger partial charge is 0.191 e. The van der Waals surface area contributed by atoms with E-state index in [1.54, 1.807) is 14.2 Å². The Morgan fingerprint density at radius 3 is 2.41 bits per heavy atom. The van der Waals surface area contributed by atoms with E-state index in [9.17, 15) is 0 Å². The van der Waals surface area contributed by atoms with Crippen molar-refractivity contribution in [2.24, 2.45) is 4.99 Å². The average molecular weight is 377 g/mol. The quantitative estimate of drug-likeness (QED) is 0.585. The molecule has 2 heterocycles. The Bertz CT molecular complexity index is 601. The molecule has 0 bridgehead atoms. The van der Waals surface area contributed by atoms with Gasteiger partial charge in [-0.1, -0.05) is 0 Å². The second kappa shape index (κ2) is 9.69. The summed E-state index contributed by atoms with van der Waals surface area (Å²) < 4.78 is 16.5.